The fraction of sp³-hybridized carbons (Fsp3) is 0.543. The predicted octanol–water partition coefficient (Wildman–Crippen LogP) is 14.1. The number of hydrogen-bond acceptors (Lipinski definition) is 4. The van der Waals surface area contributed by atoms with Gasteiger partial charge in [-0.1, -0.05) is 138 Å². The third kappa shape index (κ3) is 10.7. The van der Waals surface area contributed by atoms with E-state index < -0.39 is 22.6 Å². The molecule has 0 heterocycles. The molecular weight excluding hydrogens is 673 g/mol. The summed E-state index contributed by atoms with van der Waals surface area (Å²) < 4.78 is 21.7. The van der Waals surface area contributed by atoms with Crippen LogP contribution in [0.25, 0.3) is 21.5 Å². The third-order valence-electron chi connectivity index (χ3n) is 9.78. The Morgan fingerprint density at radius 3 is 1.50 bits per heavy atom. The van der Waals surface area contributed by atoms with Crippen LogP contribution < -0.4 is 13.6 Å². The van der Waals surface area contributed by atoms with Gasteiger partial charge >= 0.3 is 5.97 Å². The normalized spacial score (nSPS) is 12.8. The summed E-state index contributed by atoms with van der Waals surface area (Å²) in [5.41, 5.74) is 1.60. The van der Waals surface area contributed by atoms with Crippen LogP contribution in [0.15, 0.2) is 66.7 Å². The minimum absolute atomic E-state index is 0.398. The third-order valence-corrected chi connectivity index (χ3v) is 20.4. The van der Waals surface area contributed by atoms with E-state index in [1.165, 1.54) is 0 Å². The van der Waals surface area contributed by atoms with E-state index in [4.69, 9.17) is 13.6 Å². The van der Waals surface area contributed by atoms with Crippen LogP contribution in [0.4, 0.5) is 0 Å². The Morgan fingerprint density at radius 1 is 0.538 bits per heavy atom. The fourth-order valence-electron chi connectivity index (χ4n) is 9.04. The molecular formula is C46H68O4Si2. The number of rotatable bonds is 18. The maximum Gasteiger partial charge on any atom is 0.347 e. The number of fused-ring (bicyclic) bond motifs is 2. The van der Waals surface area contributed by atoms with Gasteiger partial charge in [0.25, 0.3) is 16.6 Å². The van der Waals surface area contributed by atoms with Crippen LogP contribution in [0.1, 0.15) is 99.0 Å². The Balaban J connectivity index is 2.06. The van der Waals surface area contributed by atoms with E-state index in [0.29, 0.717) is 52.6 Å². The predicted molar refractivity (Wildman–Crippen MR) is 228 cm³/mol. The molecule has 52 heavy (non-hydrogen) atoms. The number of esters is 1. The van der Waals surface area contributed by atoms with E-state index in [2.05, 4.69) is 120 Å². The molecule has 0 N–H and O–H groups in total. The highest BCUT2D eigenvalue weighted by molar-refractivity contribution is 6.75. The van der Waals surface area contributed by atoms with Crippen molar-refractivity contribution in [3.05, 3.63) is 77.9 Å². The van der Waals surface area contributed by atoms with Crippen molar-refractivity contribution in [2.45, 2.75) is 126 Å². The van der Waals surface area contributed by atoms with Gasteiger partial charge in [0.15, 0.2) is 0 Å². The Morgan fingerprint density at radius 2 is 0.981 bits per heavy atom. The van der Waals surface area contributed by atoms with Crippen molar-refractivity contribution in [2.24, 2.45) is 35.5 Å². The second-order valence-electron chi connectivity index (χ2n) is 18.3. The molecule has 4 nitrogen and oxygen atoms in total. The smallest absolute Gasteiger partial charge is 0.347 e. The van der Waals surface area contributed by atoms with Crippen molar-refractivity contribution in [1.82, 2.24) is 0 Å². The molecule has 4 aromatic rings. The lowest BCUT2D eigenvalue weighted by Crippen LogP contribution is -2.46. The first-order valence-corrected chi connectivity index (χ1v) is 25.1. The number of benzene rings is 4. The van der Waals surface area contributed by atoms with Crippen molar-refractivity contribution in [3.8, 4) is 17.2 Å². The van der Waals surface area contributed by atoms with Crippen LogP contribution >= 0.6 is 0 Å². The number of carbonyl (C=O) groups is 1. The molecule has 6 heteroatoms. The van der Waals surface area contributed by atoms with Gasteiger partial charge in [-0.05, 0) is 102 Å². The fourth-order valence-corrected chi connectivity index (χ4v) is 20.8. The lowest BCUT2D eigenvalue weighted by molar-refractivity contribution is 0.0735. The summed E-state index contributed by atoms with van der Waals surface area (Å²) in [5, 5.41) is 3.96. The average Bonchev–Trinajstić information content (AvgIpc) is 3.00. The maximum absolute atomic E-state index is 14.9. The number of aryl methyl sites for hydroxylation is 1. The number of hydrogen-bond donors (Lipinski definition) is 0. The van der Waals surface area contributed by atoms with Gasteiger partial charge in [-0.25, -0.2) is 4.79 Å². The van der Waals surface area contributed by atoms with E-state index in [0.717, 1.165) is 69.1 Å². The van der Waals surface area contributed by atoms with Crippen molar-refractivity contribution < 1.29 is 18.4 Å². The van der Waals surface area contributed by atoms with Crippen LogP contribution in [0, 0.1) is 42.4 Å². The van der Waals surface area contributed by atoms with Gasteiger partial charge in [-0.2, -0.15) is 0 Å². The van der Waals surface area contributed by atoms with E-state index in [1.807, 2.05) is 36.4 Å². The summed E-state index contributed by atoms with van der Waals surface area (Å²) in [5.74, 6) is 4.57. The quantitative estimate of drug-likeness (QED) is 0.0579. The molecule has 0 aromatic heterocycles. The Hall–Kier alpha value is -3.10. The molecule has 0 aliphatic rings. The van der Waals surface area contributed by atoms with Crippen LogP contribution in [0.3, 0.4) is 0 Å². The molecule has 0 radical (unpaired) electrons. The molecule has 0 saturated carbocycles. The monoisotopic (exact) mass is 740 g/mol. The Labute approximate surface area is 318 Å². The van der Waals surface area contributed by atoms with Gasteiger partial charge in [0.1, 0.15) is 22.8 Å². The zero-order valence-electron chi connectivity index (χ0n) is 34.7. The van der Waals surface area contributed by atoms with E-state index >= 15 is 0 Å². The van der Waals surface area contributed by atoms with Crippen LogP contribution in [0.2, 0.25) is 36.3 Å². The van der Waals surface area contributed by atoms with Gasteiger partial charge in [0, 0.05) is 16.2 Å². The molecule has 0 unspecified atom stereocenters. The zero-order chi connectivity index (χ0) is 38.4. The van der Waals surface area contributed by atoms with Gasteiger partial charge in [-0.15, -0.1) is 0 Å². The van der Waals surface area contributed by atoms with Crippen molar-refractivity contribution in [2.75, 3.05) is 0 Å². The Kier molecular flexibility index (Phi) is 14.3. The first-order chi connectivity index (χ1) is 24.4. The van der Waals surface area contributed by atoms with Gasteiger partial charge in [0.05, 0.1) is 0 Å². The minimum atomic E-state index is -2.44. The zero-order valence-corrected chi connectivity index (χ0v) is 36.7. The van der Waals surface area contributed by atoms with Crippen LogP contribution in [-0.4, -0.2) is 22.6 Å². The molecule has 0 atom stereocenters. The second-order valence-corrected chi connectivity index (χ2v) is 25.9. The van der Waals surface area contributed by atoms with Crippen LogP contribution in [0.5, 0.6) is 17.2 Å². The van der Waals surface area contributed by atoms with Crippen LogP contribution in [-0.2, 0) is 0 Å². The summed E-state index contributed by atoms with van der Waals surface area (Å²) in [4.78, 5) is 14.9. The van der Waals surface area contributed by atoms with Gasteiger partial charge in [0.2, 0.25) is 0 Å². The highest BCUT2D eigenvalue weighted by atomic mass is 28.4. The maximum atomic E-state index is 14.9. The Bertz CT molecular complexity index is 1730. The molecule has 0 spiro atoms. The summed E-state index contributed by atoms with van der Waals surface area (Å²) in [6.45, 7) is 29.9. The molecule has 0 saturated heterocycles. The van der Waals surface area contributed by atoms with E-state index in [1.54, 1.807) is 0 Å². The summed E-state index contributed by atoms with van der Waals surface area (Å²) in [6, 6.07) is 28.7. The highest BCUT2D eigenvalue weighted by Crippen LogP contribution is 2.46. The van der Waals surface area contributed by atoms with Gasteiger partial charge in [-0.3, -0.25) is 0 Å². The molecule has 284 valence electrons. The van der Waals surface area contributed by atoms with Gasteiger partial charge < -0.3 is 13.6 Å². The number of carbonyl (C=O) groups excluding carboxylic acids is 1. The topological polar surface area (TPSA) is 44.8 Å². The van der Waals surface area contributed by atoms with Crippen molar-refractivity contribution in [3.63, 3.8) is 0 Å². The SMILES string of the molecule is Cc1cccc2c(O[Si](CC(C)C)(CC(C)C)CC(C)C)c(C(=O)Oc3cccc4ccccc34)cc(O[Si](CC(C)C)(CC(C)C)CC(C)C)c12. The minimum Gasteiger partial charge on any atom is -0.543 e. The number of ether oxygens (including phenoxy) is 1. The summed E-state index contributed by atoms with van der Waals surface area (Å²) in [6.07, 6.45) is 0. The first kappa shape index (κ1) is 41.7. The first-order valence-electron chi connectivity index (χ1n) is 20.1. The standard InChI is InChI=1S/C46H68O4Si2/c1-31(2)25-51(26-32(3)4,27-33(5)6)49-43-24-41(46(47)48-42-23-17-20-38-19-14-15-21-39(38)42)45(40-22-16-18-37(13)44(40)43)50-52(28-34(7)8,29-35(9)10)30-36(11)12/h14-24,31-36H,25-30H2,1-13H3. The molecule has 0 fully saturated rings. The van der Waals surface area contributed by atoms with Crippen molar-refractivity contribution in [1.29, 1.82) is 0 Å². The van der Waals surface area contributed by atoms with E-state index in [9.17, 15) is 4.79 Å². The lowest BCUT2D eigenvalue weighted by Gasteiger charge is -2.39. The average molecular weight is 741 g/mol. The lowest BCUT2D eigenvalue weighted by atomic mass is 10.0. The molecule has 0 aliphatic carbocycles. The van der Waals surface area contributed by atoms with Crippen molar-refractivity contribution >= 4 is 44.1 Å². The molecule has 0 bridgehead atoms. The van der Waals surface area contributed by atoms with E-state index in [-0.39, 0.29) is 0 Å². The highest BCUT2D eigenvalue weighted by Gasteiger charge is 2.43. The largest absolute Gasteiger partial charge is 0.543 e. The molecule has 0 amide bonds. The second kappa shape index (κ2) is 17.8. The molecule has 4 rings (SSSR count). The summed E-state index contributed by atoms with van der Waals surface area (Å²) in [7, 11) is -4.79. The molecule has 4 aromatic carbocycles. The molecule has 0 aliphatic heterocycles. The summed E-state index contributed by atoms with van der Waals surface area (Å²) >= 11 is 0.